The third kappa shape index (κ3) is 3.32. The molecule has 1 unspecified atom stereocenters. The monoisotopic (exact) mass is 287 g/mol. The first kappa shape index (κ1) is 15.3. The summed E-state index contributed by atoms with van der Waals surface area (Å²) in [4.78, 5) is 26.0. The van der Waals surface area contributed by atoms with Crippen LogP contribution >= 0.6 is 0 Å². The van der Waals surface area contributed by atoms with Crippen LogP contribution in [0.15, 0.2) is 43.0 Å². The van der Waals surface area contributed by atoms with E-state index >= 15 is 0 Å². The second-order valence-electron chi connectivity index (χ2n) is 5.75. The molecule has 1 N–H and O–H groups in total. The lowest BCUT2D eigenvalue weighted by Crippen LogP contribution is -2.41. The summed E-state index contributed by atoms with van der Waals surface area (Å²) >= 11 is 0. The summed E-state index contributed by atoms with van der Waals surface area (Å²) in [7, 11) is 0. The minimum atomic E-state index is -1.20. The molecule has 0 radical (unpaired) electrons. The van der Waals surface area contributed by atoms with Crippen molar-refractivity contribution in [3.8, 4) is 0 Å². The van der Waals surface area contributed by atoms with Gasteiger partial charge in [-0.3, -0.25) is 9.59 Å². The molecule has 0 heterocycles. The zero-order valence-corrected chi connectivity index (χ0v) is 12.3. The van der Waals surface area contributed by atoms with Crippen molar-refractivity contribution in [3.05, 3.63) is 48.6 Å². The number of carboxylic acids is 1. The van der Waals surface area contributed by atoms with Crippen LogP contribution in [-0.4, -0.2) is 34.5 Å². The van der Waals surface area contributed by atoms with E-state index < -0.39 is 11.4 Å². The summed E-state index contributed by atoms with van der Waals surface area (Å²) in [5, 5.41) is 9.61. The smallest absolute Gasteiger partial charge is 0.314 e. The maximum absolute atomic E-state index is 12.5. The molecule has 1 aromatic rings. The summed E-state index contributed by atoms with van der Waals surface area (Å²) in [6.45, 7) is 5.77. The molecular weight excluding hydrogens is 266 g/mol. The van der Waals surface area contributed by atoms with Crippen molar-refractivity contribution in [1.82, 2.24) is 4.90 Å². The van der Waals surface area contributed by atoms with Crippen molar-refractivity contribution in [2.45, 2.75) is 37.6 Å². The summed E-state index contributed by atoms with van der Waals surface area (Å²) in [6.07, 6.45) is 3.65. The first-order valence-electron chi connectivity index (χ1n) is 7.18. The lowest BCUT2D eigenvalue weighted by molar-refractivity contribution is -0.147. The van der Waals surface area contributed by atoms with E-state index in [9.17, 15) is 14.7 Å². The predicted octanol–water partition coefficient (Wildman–Crippen LogP) is 2.60. The molecule has 4 heteroatoms. The van der Waals surface area contributed by atoms with Gasteiger partial charge in [-0.1, -0.05) is 36.4 Å². The Balaban J connectivity index is 2.21. The van der Waals surface area contributed by atoms with Crippen molar-refractivity contribution in [2.24, 2.45) is 0 Å². The number of hydrogen-bond donors (Lipinski definition) is 1. The standard InChI is InChI=1S/C17H21NO3/c1-3-11-18(14-9-10-14)15(19)12-17(2,16(20)21)13-7-5-4-6-8-13/h3-8,14H,1,9-12H2,2H3,(H,20,21). The van der Waals surface area contributed by atoms with Crippen LogP contribution in [0.5, 0.6) is 0 Å². The van der Waals surface area contributed by atoms with Crippen LogP contribution in [0.25, 0.3) is 0 Å². The van der Waals surface area contributed by atoms with Crippen molar-refractivity contribution >= 4 is 11.9 Å². The van der Waals surface area contributed by atoms with E-state index in [1.165, 1.54) is 0 Å². The fraction of sp³-hybridized carbons (Fsp3) is 0.412. The maximum atomic E-state index is 12.5. The van der Waals surface area contributed by atoms with Gasteiger partial charge in [0.15, 0.2) is 0 Å². The minimum Gasteiger partial charge on any atom is -0.481 e. The second-order valence-corrected chi connectivity index (χ2v) is 5.75. The van der Waals surface area contributed by atoms with Crippen molar-refractivity contribution in [1.29, 1.82) is 0 Å². The van der Waals surface area contributed by atoms with E-state index in [1.54, 1.807) is 42.2 Å². The van der Waals surface area contributed by atoms with Gasteiger partial charge in [-0.2, -0.15) is 0 Å². The molecule has 0 aromatic heterocycles. The van der Waals surface area contributed by atoms with E-state index in [0.717, 1.165) is 12.8 Å². The highest BCUT2D eigenvalue weighted by Crippen LogP contribution is 2.32. The average Bonchev–Trinajstić information content (AvgIpc) is 3.29. The Morgan fingerprint density at radius 3 is 2.48 bits per heavy atom. The summed E-state index contributed by atoms with van der Waals surface area (Å²) in [5.74, 6) is -1.09. The third-order valence-corrected chi connectivity index (χ3v) is 4.02. The Bertz CT molecular complexity index is 536. The van der Waals surface area contributed by atoms with Crippen LogP contribution in [0.2, 0.25) is 0 Å². The summed E-state index contributed by atoms with van der Waals surface area (Å²) in [6, 6.07) is 9.20. The molecule has 1 amide bonds. The van der Waals surface area contributed by atoms with Crippen molar-refractivity contribution in [3.63, 3.8) is 0 Å². The number of carbonyl (C=O) groups excluding carboxylic acids is 1. The van der Waals surface area contributed by atoms with Gasteiger partial charge in [0.05, 0.1) is 5.41 Å². The quantitative estimate of drug-likeness (QED) is 0.784. The lowest BCUT2D eigenvalue weighted by atomic mass is 9.79. The molecule has 0 aliphatic heterocycles. The highest BCUT2D eigenvalue weighted by atomic mass is 16.4. The number of amides is 1. The zero-order chi connectivity index (χ0) is 15.5. The molecule has 0 bridgehead atoms. The lowest BCUT2D eigenvalue weighted by Gasteiger charge is -2.29. The Morgan fingerprint density at radius 1 is 1.38 bits per heavy atom. The highest BCUT2D eigenvalue weighted by molar-refractivity contribution is 5.89. The molecule has 21 heavy (non-hydrogen) atoms. The van der Waals surface area contributed by atoms with Gasteiger partial charge in [0.1, 0.15) is 0 Å². The van der Waals surface area contributed by atoms with Crippen LogP contribution in [0.4, 0.5) is 0 Å². The predicted molar refractivity (Wildman–Crippen MR) is 81.0 cm³/mol. The second kappa shape index (κ2) is 6.12. The molecule has 1 saturated carbocycles. The molecule has 1 aliphatic rings. The Hall–Kier alpha value is -2.10. The molecule has 2 rings (SSSR count). The molecule has 4 nitrogen and oxygen atoms in total. The van der Waals surface area contributed by atoms with Gasteiger partial charge in [0, 0.05) is 19.0 Å². The number of carboxylic acid groups (broad SMARTS) is 1. The fourth-order valence-electron chi connectivity index (χ4n) is 2.49. The van der Waals surface area contributed by atoms with Gasteiger partial charge in [-0.15, -0.1) is 6.58 Å². The molecule has 1 fully saturated rings. The Kier molecular flexibility index (Phi) is 4.46. The zero-order valence-electron chi connectivity index (χ0n) is 12.3. The van der Waals surface area contributed by atoms with Crippen LogP contribution < -0.4 is 0 Å². The maximum Gasteiger partial charge on any atom is 0.314 e. The van der Waals surface area contributed by atoms with Crippen LogP contribution in [0, 0.1) is 0 Å². The fourth-order valence-corrected chi connectivity index (χ4v) is 2.49. The van der Waals surface area contributed by atoms with Gasteiger partial charge < -0.3 is 10.0 Å². The molecule has 0 saturated heterocycles. The van der Waals surface area contributed by atoms with Crippen LogP contribution in [0.3, 0.4) is 0 Å². The summed E-state index contributed by atoms with van der Waals surface area (Å²) < 4.78 is 0. The van der Waals surface area contributed by atoms with Gasteiger partial charge >= 0.3 is 5.97 Å². The Morgan fingerprint density at radius 2 is 2.00 bits per heavy atom. The van der Waals surface area contributed by atoms with E-state index in [0.29, 0.717) is 12.1 Å². The van der Waals surface area contributed by atoms with E-state index in [2.05, 4.69) is 6.58 Å². The molecular formula is C17H21NO3. The van der Waals surface area contributed by atoms with Gasteiger partial charge in [-0.25, -0.2) is 0 Å². The van der Waals surface area contributed by atoms with Crippen LogP contribution in [-0.2, 0) is 15.0 Å². The van der Waals surface area contributed by atoms with Gasteiger partial charge in [0.25, 0.3) is 0 Å². The number of benzene rings is 1. The van der Waals surface area contributed by atoms with Gasteiger partial charge in [0.2, 0.25) is 5.91 Å². The van der Waals surface area contributed by atoms with Crippen molar-refractivity contribution < 1.29 is 14.7 Å². The topological polar surface area (TPSA) is 57.6 Å². The van der Waals surface area contributed by atoms with E-state index in [4.69, 9.17) is 0 Å². The first-order chi connectivity index (χ1) is 9.99. The number of aliphatic carboxylic acids is 1. The average molecular weight is 287 g/mol. The number of carbonyl (C=O) groups is 2. The SMILES string of the molecule is C=CCN(C(=O)CC(C)(C(=O)O)c1ccccc1)C1CC1. The normalized spacial score (nSPS) is 16.8. The minimum absolute atomic E-state index is 0.0311. The molecule has 1 aromatic carbocycles. The number of nitrogens with zero attached hydrogens (tertiary/aromatic N) is 1. The molecule has 1 atom stereocenters. The number of hydrogen-bond acceptors (Lipinski definition) is 2. The third-order valence-electron chi connectivity index (χ3n) is 4.02. The first-order valence-corrected chi connectivity index (χ1v) is 7.18. The molecule has 112 valence electrons. The van der Waals surface area contributed by atoms with Crippen molar-refractivity contribution in [2.75, 3.05) is 6.54 Å². The van der Waals surface area contributed by atoms with E-state index in [-0.39, 0.29) is 18.4 Å². The largest absolute Gasteiger partial charge is 0.481 e. The van der Waals surface area contributed by atoms with E-state index in [1.807, 2.05) is 6.07 Å². The van der Waals surface area contributed by atoms with Gasteiger partial charge in [-0.05, 0) is 25.3 Å². The summed E-state index contributed by atoms with van der Waals surface area (Å²) in [5.41, 5.74) is -0.549. The number of rotatable bonds is 7. The molecule has 0 spiro atoms. The Labute approximate surface area is 125 Å². The molecule has 1 aliphatic carbocycles. The highest BCUT2D eigenvalue weighted by Gasteiger charge is 2.41. The van der Waals surface area contributed by atoms with Crippen LogP contribution in [0.1, 0.15) is 31.7 Å².